The van der Waals surface area contributed by atoms with Crippen molar-refractivity contribution in [2.75, 3.05) is 12.4 Å². The number of carbonyl (C=O) groups excluding carboxylic acids is 1. The van der Waals surface area contributed by atoms with E-state index in [0.717, 1.165) is 17.7 Å². The van der Waals surface area contributed by atoms with Crippen molar-refractivity contribution in [2.45, 2.75) is 25.1 Å². The van der Waals surface area contributed by atoms with Crippen molar-refractivity contribution in [1.29, 1.82) is 0 Å². The molecule has 11 heteroatoms. The Hall–Kier alpha value is -3.21. The second-order valence-corrected chi connectivity index (χ2v) is 7.28. The van der Waals surface area contributed by atoms with Gasteiger partial charge in [0.2, 0.25) is 5.88 Å². The highest BCUT2D eigenvalue weighted by Gasteiger charge is 2.34. The number of anilines is 2. The van der Waals surface area contributed by atoms with Crippen LogP contribution in [0.3, 0.4) is 0 Å². The third-order valence-electron chi connectivity index (χ3n) is 4.71. The van der Waals surface area contributed by atoms with Crippen LogP contribution in [0, 0.1) is 0 Å². The number of nitrogens with zero attached hydrogens (tertiary/aromatic N) is 3. The van der Waals surface area contributed by atoms with Crippen molar-refractivity contribution in [3.8, 4) is 5.88 Å². The van der Waals surface area contributed by atoms with Gasteiger partial charge >= 0.3 is 6.18 Å². The maximum atomic E-state index is 13.1. The predicted molar refractivity (Wildman–Crippen MR) is 104 cm³/mol. The first kappa shape index (κ1) is 20.1. The van der Waals surface area contributed by atoms with Gasteiger partial charge in [0, 0.05) is 5.38 Å². The van der Waals surface area contributed by atoms with Crippen molar-refractivity contribution in [3.63, 3.8) is 0 Å². The Kier molecular flexibility index (Phi) is 5.29. The fraction of sp³-hybridized carbons (Fsp3) is 0.263. The average Bonchev–Trinajstić information content (AvgIpc) is 3.37. The van der Waals surface area contributed by atoms with Crippen molar-refractivity contribution in [1.82, 2.24) is 19.7 Å². The molecule has 1 aliphatic carbocycles. The van der Waals surface area contributed by atoms with Gasteiger partial charge in [-0.25, -0.2) is 9.97 Å². The second-order valence-electron chi connectivity index (χ2n) is 6.63. The smallest absolute Gasteiger partial charge is 0.416 e. The summed E-state index contributed by atoms with van der Waals surface area (Å²) < 4.78 is 48.3. The topological polar surface area (TPSA) is 89.0 Å². The number of alkyl halides is 3. The number of methoxy groups -OCH3 is 1. The number of aryl methyl sites for hydroxylation is 1. The summed E-state index contributed by atoms with van der Waals surface area (Å²) in [5.41, 5.74) is 1.13. The van der Waals surface area contributed by atoms with Gasteiger partial charge in [0.1, 0.15) is 5.82 Å². The number of rotatable bonds is 5. The first-order valence-electron chi connectivity index (χ1n) is 8.93. The zero-order valence-electron chi connectivity index (χ0n) is 15.7. The SMILES string of the molecule is COc1ncc(Nc2cnsc2)nc1C(=O)NC1CCc2ccc(C(F)(F)F)cc21. The maximum Gasteiger partial charge on any atom is 0.416 e. The number of amides is 1. The molecule has 0 bridgehead atoms. The predicted octanol–water partition coefficient (Wildman–Crippen LogP) is 4.12. The molecule has 2 aromatic heterocycles. The number of hydrogen-bond donors (Lipinski definition) is 2. The Morgan fingerprint density at radius 1 is 1.30 bits per heavy atom. The lowest BCUT2D eigenvalue weighted by Crippen LogP contribution is -2.29. The molecular weight excluding hydrogens is 419 g/mol. The van der Waals surface area contributed by atoms with Crippen LogP contribution in [0.15, 0.2) is 36.0 Å². The van der Waals surface area contributed by atoms with E-state index in [2.05, 4.69) is 25.0 Å². The van der Waals surface area contributed by atoms with E-state index in [0.29, 0.717) is 29.9 Å². The van der Waals surface area contributed by atoms with Gasteiger partial charge in [0.15, 0.2) is 5.69 Å². The lowest BCUT2D eigenvalue weighted by atomic mass is 10.0. The molecule has 0 spiro atoms. The number of ether oxygens (including phenoxy) is 1. The molecule has 1 unspecified atom stereocenters. The number of aromatic nitrogens is 3. The van der Waals surface area contributed by atoms with E-state index in [9.17, 15) is 18.0 Å². The van der Waals surface area contributed by atoms with Crippen LogP contribution in [-0.2, 0) is 12.6 Å². The van der Waals surface area contributed by atoms with Crippen molar-refractivity contribution >= 4 is 28.9 Å². The highest BCUT2D eigenvalue weighted by Crippen LogP contribution is 2.37. The molecular formula is C19H16F3N5O2S. The summed E-state index contributed by atoms with van der Waals surface area (Å²) in [4.78, 5) is 21.2. The number of carbonyl (C=O) groups is 1. The van der Waals surface area contributed by atoms with Crippen molar-refractivity contribution in [3.05, 3.63) is 58.4 Å². The zero-order valence-corrected chi connectivity index (χ0v) is 16.5. The quantitative estimate of drug-likeness (QED) is 0.627. The molecule has 0 saturated carbocycles. The number of hydrogen-bond acceptors (Lipinski definition) is 7. The summed E-state index contributed by atoms with van der Waals surface area (Å²) in [7, 11) is 1.36. The van der Waals surface area contributed by atoms with Crippen LogP contribution in [0.4, 0.5) is 24.7 Å². The summed E-state index contributed by atoms with van der Waals surface area (Å²) in [5.74, 6) is -0.252. The normalized spacial score (nSPS) is 15.5. The van der Waals surface area contributed by atoms with Crippen LogP contribution < -0.4 is 15.4 Å². The van der Waals surface area contributed by atoms with E-state index in [1.165, 1.54) is 30.9 Å². The van der Waals surface area contributed by atoms with Crippen LogP contribution in [0.25, 0.3) is 0 Å². The molecule has 0 fully saturated rings. The first-order valence-corrected chi connectivity index (χ1v) is 9.77. The van der Waals surface area contributed by atoms with Gasteiger partial charge in [-0.1, -0.05) is 6.07 Å². The Bertz CT molecular complexity index is 1070. The van der Waals surface area contributed by atoms with E-state index in [1.807, 2.05) is 0 Å². The van der Waals surface area contributed by atoms with Crippen LogP contribution in [-0.4, -0.2) is 27.4 Å². The number of halogens is 3. The van der Waals surface area contributed by atoms with E-state index in [4.69, 9.17) is 4.74 Å². The highest BCUT2D eigenvalue weighted by molar-refractivity contribution is 7.04. The Morgan fingerprint density at radius 3 is 2.83 bits per heavy atom. The molecule has 1 amide bonds. The van der Waals surface area contributed by atoms with E-state index < -0.39 is 23.7 Å². The molecule has 156 valence electrons. The largest absolute Gasteiger partial charge is 0.479 e. The maximum absolute atomic E-state index is 13.1. The third kappa shape index (κ3) is 4.06. The molecule has 30 heavy (non-hydrogen) atoms. The minimum atomic E-state index is -4.45. The summed E-state index contributed by atoms with van der Waals surface area (Å²) in [6.07, 6.45) is -0.361. The molecule has 0 saturated heterocycles. The summed E-state index contributed by atoms with van der Waals surface area (Å²) in [6, 6.07) is 3.06. The molecule has 0 radical (unpaired) electrons. The van der Waals surface area contributed by atoms with Crippen LogP contribution in [0.2, 0.25) is 0 Å². The molecule has 1 aliphatic rings. The molecule has 2 N–H and O–H groups in total. The summed E-state index contributed by atoms with van der Waals surface area (Å²) in [5, 5.41) is 7.50. The average molecular weight is 435 g/mol. The van der Waals surface area contributed by atoms with Gasteiger partial charge < -0.3 is 15.4 Å². The lowest BCUT2D eigenvalue weighted by molar-refractivity contribution is -0.137. The Labute approximate surface area is 173 Å². The second kappa shape index (κ2) is 7.90. The molecule has 0 aliphatic heterocycles. The minimum absolute atomic E-state index is 0.0174. The van der Waals surface area contributed by atoms with Crippen molar-refractivity contribution < 1.29 is 22.7 Å². The van der Waals surface area contributed by atoms with Gasteiger partial charge in [-0.05, 0) is 47.6 Å². The van der Waals surface area contributed by atoms with Gasteiger partial charge in [-0.15, -0.1) is 0 Å². The van der Waals surface area contributed by atoms with E-state index in [-0.39, 0.29) is 11.6 Å². The summed E-state index contributed by atoms with van der Waals surface area (Å²) in [6.45, 7) is 0. The standard InChI is InChI=1S/C19H16F3N5O2S/c1-29-18-16(27-15(8-23-18)25-12-7-24-30-9-12)17(28)26-14-5-3-10-2-4-11(6-13(10)14)19(20,21)22/h2,4,6-9,14H,3,5H2,1H3,(H,25,27)(H,26,28). The molecule has 2 heterocycles. The van der Waals surface area contributed by atoms with Crippen LogP contribution >= 0.6 is 11.5 Å². The third-order valence-corrected chi connectivity index (χ3v) is 5.29. The van der Waals surface area contributed by atoms with E-state index >= 15 is 0 Å². The fourth-order valence-corrected chi connectivity index (χ4v) is 3.77. The van der Waals surface area contributed by atoms with Gasteiger partial charge in [0.25, 0.3) is 5.91 Å². The summed E-state index contributed by atoms with van der Waals surface area (Å²) >= 11 is 1.25. The number of fused-ring (bicyclic) bond motifs is 1. The van der Waals surface area contributed by atoms with Crippen molar-refractivity contribution in [2.24, 2.45) is 0 Å². The minimum Gasteiger partial charge on any atom is -0.479 e. The monoisotopic (exact) mass is 435 g/mol. The molecule has 3 aromatic rings. The van der Waals surface area contributed by atoms with Gasteiger partial charge in [-0.3, -0.25) is 4.79 Å². The van der Waals surface area contributed by atoms with Crippen LogP contribution in [0.1, 0.15) is 39.6 Å². The molecule has 1 atom stereocenters. The number of nitrogens with one attached hydrogen (secondary N) is 2. The molecule has 7 nitrogen and oxygen atoms in total. The first-order chi connectivity index (χ1) is 14.3. The zero-order chi connectivity index (χ0) is 21.3. The lowest BCUT2D eigenvalue weighted by Gasteiger charge is -2.16. The van der Waals surface area contributed by atoms with Gasteiger partial charge in [-0.2, -0.15) is 17.5 Å². The number of benzene rings is 1. The Morgan fingerprint density at radius 2 is 2.13 bits per heavy atom. The molecule has 1 aromatic carbocycles. The highest BCUT2D eigenvalue weighted by atomic mass is 32.1. The van der Waals surface area contributed by atoms with Gasteiger partial charge in [0.05, 0.1) is 36.8 Å². The molecule has 4 rings (SSSR count). The van der Waals surface area contributed by atoms with Crippen LogP contribution in [0.5, 0.6) is 5.88 Å². The Balaban J connectivity index is 1.58. The van der Waals surface area contributed by atoms with E-state index in [1.54, 1.807) is 11.6 Å². The fourth-order valence-electron chi connectivity index (χ4n) is 3.31.